The number of ether oxygens (including phenoxy) is 1. The number of hydrogen-bond acceptors (Lipinski definition) is 4. The molecule has 0 spiro atoms. The molecule has 2 aromatic rings. The first-order chi connectivity index (χ1) is 13.0. The smallest absolute Gasteiger partial charge is 0.259 e. The van der Waals surface area contributed by atoms with Gasteiger partial charge in [-0.25, -0.2) is 13.8 Å². The van der Waals surface area contributed by atoms with Crippen molar-refractivity contribution < 1.29 is 23.1 Å². The Bertz CT molecular complexity index is 852. The van der Waals surface area contributed by atoms with E-state index in [-0.39, 0.29) is 17.4 Å². The molecule has 0 saturated carbocycles. The molecule has 0 aliphatic carbocycles. The normalized spacial score (nSPS) is 14.2. The van der Waals surface area contributed by atoms with Crippen LogP contribution in [0, 0.1) is 11.6 Å². The minimum atomic E-state index is -1.06. The number of piperazine rings is 1. The van der Waals surface area contributed by atoms with Crippen LogP contribution in [0.1, 0.15) is 27.6 Å². The third-order valence-electron chi connectivity index (χ3n) is 4.30. The van der Waals surface area contributed by atoms with Crippen LogP contribution in [-0.2, 0) is 0 Å². The van der Waals surface area contributed by atoms with Crippen LogP contribution >= 0.6 is 0 Å². The summed E-state index contributed by atoms with van der Waals surface area (Å²) in [4.78, 5) is 32.4. The van der Waals surface area contributed by atoms with Crippen LogP contribution in [-0.4, -0.2) is 59.4 Å². The van der Waals surface area contributed by atoms with Crippen molar-refractivity contribution in [3.63, 3.8) is 0 Å². The summed E-state index contributed by atoms with van der Waals surface area (Å²) in [6.07, 6.45) is 1.56. The van der Waals surface area contributed by atoms with Gasteiger partial charge in [0.2, 0.25) is 5.88 Å². The van der Waals surface area contributed by atoms with Gasteiger partial charge in [0.1, 0.15) is 5.56 Å². The van der Waals surface area contributed by atoms with Crippen LogP contribution in [0.15, 0.2) is 36.5 Å². The Morgan fingerprint density at radius 2 is 1.70 bits per heavy atom. The number of carbonyl (C=O) groups excluding carboxylic acids is 2. The highest BCUT2D eigenvalue weighted by atomic mass is 19.2. The van der Waals surface area contributed by atoms with Crippen LogP contribution in [0.2, 0.25) is 0 Å². The minimum absolute atomic E-state index is 0.0829. The number of hydrogen-bond donors (Lipinski definition) is 0. The van der Waals surface area contributed by atoms with Crippen LogP contribution in [0.5, 0.6) is 5.88 Å². The zero-order valence-electron chi connectivity index (χ0n) is 14.8. The molecular formula is C19H19F2N3O3. The molecule has 27 heavy (non-hydrogen) atoms. The lowest BCUT2D eigenvalue weighted by molar-refractivity contribution is 0.0532. The molecule has 0 N–H and O–H groups in total. The molecule has 2 amide bonds. The van der Waals surface area contributed by atoms with Crippen LogP contribution < -0.4 is 4.74 Å². The molecule has 3 rings (SSSR count). The number of aromatic nitrogens is 1. The Kier molecular flexibility index (Phi) is 5.63. The Balaban J connectivity index is 1.65. The fraction of sp³-hybridized carbons (Fsp3) is 0.316. The summed E-state index contributed by atoms with van der Waals surface area (Å²) in [5.41, 5.74) is 0.458. The van der Waals surface area contributed by atoms with E-state index in [2.05, 4.69) is 4.98 Å². The van der Waals surface area contributed by atoms with E-state index >= 15 is 0 Å². The Labute approximate surface area is 155 Å². The highest BCUT2D eigenvalue weighted by Crippen LogP contribution is 2.19. The molecule has 0 bridgehead atoms. The van der Waals surface area contributed by atoms with Gasteiger partial charge in [-0.2, -0.15) is 0 Å². The maximum absolute atomic E-state index is 13.3. The van der Waals surface area contributed by atoms with E-state index in [9.17, 15) is 18.4 Å². The molecule has 6 nitrogen and oxygen atoms in total. The third kappa shape index (κ3) is 4.05. The van der Waals surface area contributed by atoms with Gasteiger partial charge < -0.3 is 14.5 Å². The number of halogens is 2. The van der Waals surface area contributed by atoms with Crippen molar-refractivity contribution in [2.45, 2.75) is 6.92 Å². The van der Waals surface area contributed by atoms with Gasteiger partial charge in [-0.15, -0.1) is 0 Å². The Morgan fingerprint density at radius 1 is 1.04 bits per heavy atom. The Morgan fingerprint density at radius 3 is 2.33 bits per heavy atom. The van der Waals surface area contributed by atoms with Gasteiger partial charge in [-0.1, -0.05) is 0 Å². The summed E-state index contributed by atoms with van der Waals surface area (Å²) in [5, 5.41) is 0. The average Bonchev–Trinajstić information content (AvgIpc) is 2.70. The summed E-state index contributed by atoms with van der Waals surface area (Å²) < 4.78 is 31.8. The monoisotopic (exact) mass is 375 g/mol. The van der Waals surface area contributed by atoms with Crippen molar-refractivity contribution in [3.8, 4) is 5.88 Å². The number of benzene rings is 1. The average molecular weight is 375 g/mol. The van der Waals surface area contributed by atoms with Gasteiger partial charge in [0, 0.05) is 37.9 Å². The molecule has 2 heterocycles. The minimum Gasteiger partial charge on any atom is -0.477 e. The lowest BCUT2D eigenvalue weighted by Gasteiger charge is -2.35. The molecule has 1 aliphatic rings. The van der Waals surface area contributed by atoms with E-state index < -0.39 is 17.5 Å². The van der Waals surface area contributed by atoms with Crippen molar-refractivity contribution >= 4 is 11.8 Å². The summed E-state index contributed by atoms with van der Waals surface area (Å²) in [6, 6.07) is 6.39. The summed E-state index contributed by atoms with van der Waals surface area (Å²) in [6.45, 7) is 3.46. The molecule has 0 radical (unpaired) electrons. The van der Waals surface area contributed by atoms with E-state index in [1.165, 1.54) is 11.0 Å². The van der Waals surface area contributed by atoms with E-state index in [1.54, 1.807) is 23.2 Å². The van der Waals surface area contributed by atoms with Crippen LogP contribution in [0.3, 0.4) is 0 Å². The maximum Gasteiger partial charge on any atom is 0.259 e. The highest BCUT2D eigenvalue weighted by molar-refractivity contribution is 5.97. The first-order valence-electron chi connectivity index (χ1n) is 8.62. The first-order valence-corrected chi connectivity index (χ1v) is 8.62. The number of amides is 2. The standard InChI is InChI=1S/C19H19F2N3O3/c1-2-27-17-14(4-3-7-22-17)19(26)24-10-8-23(9-11-24)18(25)13-5-6-15(20)16(21)12-13/h3-7,12H,2,8-11H2,1H3. The van der Waals surface area contributed by atoms with E-state index in [0.29, 0.717) is 38.3 Å². The van der Waals surface area contributed by atoms with Gasteiger partial charge in [0.25, 0.3) is 11.8 Å². The van der Waals surface area contributed by atoms with E-state index in [0.717, 1.165) is 12.1 Å². The fourth-order valence-electron chi connectivity index (χ4n) is 2.90. The zero-order chi connectivity index (χ0) is 19.4. The van der Waals surface area contributed by atoms with Crippen molar-refractivity contribution in [1.29, 1.82) is 0 Å². The molecule has 1 aromatic carbocycles. The molecular weight excluding hydrogens is 356 g/mol. The fourth-order valence-corrected chi connectivity index (χ4v) is 2.90. The van der Waals surface area contributed by atoms with Crippen LogP contribution in [0.4, 0.5) is 8.78 Å². The molecule has 142 valence electrons. The SMILES string of the molecule is CCOc1ncccc1C(=O)N1CCN(C(=O)c2ccc(F)c(F)c2)CC1. The highest BCUT2D eigenvalue weighted by Gasteiger charge is 2.27. The predicted molar refractivity (Wildman–Crippen MR) is 93.6 cm³/mol. The van der Waals surface area contributed by atoms with Crippen molar-refractivity contribution in [3.05, 3.63) is 59.3 Å². The molecule has 1 aliphatic heterocycles. The zero-order valence-corrected chi connectivity index (χ0v) is 14.8. The quantitative estimate of drug-likeness (QED) is 0.823. The Hall–Kier alpha value is -3.03. The van der Waals surface area contributed by atoms with Crippen molar-refractivity contribution in [1.82, 2.24) is 14.8 Å². The van der Waals surface area contributed by atoms with Crippen molar-refractivity contribution in [2.24, 2.45) is 0 Å². The lowest BCUT2D eigenvalue weighted by atomic mass is 10.1. The second-order valence-electron chi connectivity index (χ2n) is 6.00. The summed E-state index contributed by atoms with van der Waals surface area (Å²) >= 11 is 0. The molecule has 1 saturated heterocycles. The predicted octanol–water partition coefficient (Wildman–Crippen LogP) is 2.36. The van der Waals surface area contributed by atoms with Gasteiger partial charge >= 0.3 is 0 Å². The molecule has 8 heteroatoms. The molecule has 1 aromatic heterocycles. The second kappa shape index (κ2) is 8.11. The largest absolute Gasteiger partial charge is 0.477 e. The molecule has 0 unspecified atom stereocenters. The first kappa shape index (κ1) is 18.8. The van der Waals surface area contributed by atoms with Crippen molar-refractivity contribution in [2.75, 3.05) is 32.8 Å². The second-order valence-corrected chi connectivity index (χ2v) is 6.00. The van der Waals surface area contributed by atoms with Gasteiger partial charge in [0.05, 0.1) is 6.61 Å². The van der Waals surface area contributed by atoms with E-state index in [1.807, 2.05) is 6.92 Å². The topological polar surface area (TPSA) is 62.7 Å². The third-order valence-corrected chi connectivity index (χ3v) is 4.30. The van der Waals surface area contributed by atoms with Gasteiger partial charge in [0.15, 0.2) is 11.6 Å². The summed E-state index contributed by atoms with van der Waals surface area (Å²) in [7, 11) is 0. The summed E-state index contributed by atoms with van der Waals surface area (Å²) in [5.74, 6) is -2.38. The van der Waals surface area contributed by atoms with Gasteiger partial charge in [-0.05, 0) is 37.3 Å². The maximum atomic E-state index is 13.3. The number of carbonyl (C=O) groups is 2. The lowest BCUT2D eigenvalue weighted by Crippen LogP contribution is -2.50. The van der Waals surface area contributed by atoms with Gasteiger partial charge in [-0.3, -0.25) is 9.59 Å². The molecule has 1 fully saturated rings. The number of pyridine rings is 1. The van der Waals surface area contributed by atoms with Crippen LogP contribution in [0.25, 0.3) is 0 Å². The van der Waals surface area contributed by atoms with E-state index in [4.69, 9.17) is 4.74 Å². The number of rotatable bonds is 4. The molecule has 0 atom stereocenters. The number of nitrogens with zero attached hydrogens (tertiary/aromatic N) is 3.